The molecule has 4 rings (SSSR count). The van der Waals surface area contributed by atoms with Crippen LogP contribution in [0.5, 0.6) is 0 Å². The zero-order chi connectivity index (χ0) is 54.9. The van der Waals surface area contributed by atoms with E-state index in [2.05, 4.69) is 0 Å². The summed E-state index contributed by atoms with van der Waals surface area (Å²) in [6, 6.07) is -1.17. The number of hydrogen-bond donors (Lipinski definition) is 11. The van der Waals surface area contributed by atoms with Crippen molar-refractivity contribution in [1.29, 1.82) is 0 Å². The standard InChI is InChI=1S/C53H79NO20/c1-29-18-16-14-12-10-8-6-7-9-11-13-15-17-19-37(72-52-49(65)46(54)48(64)33(5)71-52)25-42-45(51(66)67)41(61)28-53(68,74-42)27-40(60)38(58)21-20-34(55)22-35(56)23-36(57)24-43(62)69-31(3)30(2)50(29)73-44-26-39(59)47(63)32(4)70-44/h6-19,29-33,35-38,40-42,44-50,52,56-58,60-61,63-65,68H,20-28,54H2,1-5H3,(H,66,67)/b7-6+,10-8+,11-9+,14-12+,15-13+,18-16+,19-17+/t29?,30?,31?,32-,33+,35?,36?,37?,38?,40?,41?,42?,44?,45?,46-,47-,48+,49-,50?,52?,53?/m0/s1. The summed E-state index contributed by atoms with van der Waals surface area (Å²) in [5, 5.41) is 107. The summed E-state index contributed by atoms with van der Waals surface area (Å²) in [5.74, 6) is -8.10. The number of cyclic esters (lactones) is 1. The van der Waals surface area contributed by atoms with E-state index in [4.69, 9.17) is 34.2 Å². The topological polar surface area (TPSA) is 352 Å². The van der Waals surface area contributed by atoms with E-state index >= 15 is 0 Å². The summed E-state index contributed by atoms with van der Waals surface area (Å²) >= 11 is 0. The van der Waals surface area contributed by atoms with Crippen LogP contribution < -0.4 is 5.73 Å². The monoisotopic (exact) mass is 1050 g/mol. The predicted molar refractivity (Wildman–Crippen MR) is 265 cm³/mol. The molecule has 0 spiro atoms. The summed E-state index contributed by atoms with van der Waals surface area (Å²) in [5.41, 5.74) is 6.03. The van der Waals surface area contributed by atoms with E-state index in [0.29, 0.717) is 0 Å². The van der Waals surface area contributed by atoms with Crippen LogP contribution in [0.1, 0.15) is 92.4 Å². The zero-order valence-corrected chi connectivity index (χ0v) is 42.6. The van der Waals surface area contributed by atoms with E-state index in [1.165, 1.54) is 13.0 Å². The molecule has 21 nitrogen and oxygen atoms in total. The van der Waals surface area contributed by atoms with Crippen LogP contribution in [-0.2, 0) is 47.6 Å². The first-order chi connectivity index (χ1) is 34.9. The lowest BCUT2D eigenvalue weighted by Gasteiger charge is -2.45. The smallest absolute Gasteiger partial charge is 0.311 e. The molecule has 0 radical (unpaired) electrons. The van der Waals surface area contributed by atoms with E-state index in [9.17, 15) is 70.2 Å². The van der Waals surface area contributed by atoms with Crippen molar-refractivity contribution in [2.75, 3.05) is 0 Å². The zero-order valence-electron chi connectivity index (χ0n) is 42.6. The molecule has 416 valence electrons. The van der Waals surface area contributed by atoms with Gasteiger partial charge in [-0.25, -0.2) is 0 Å². The minimum atomic E-state index is -2.40. The van der Waals surface area contributed by atoms with E-state index in [-0.39, 0.29) is 38.0 Å². The van der Waals surface area contributed by atoms with Gasteiger partial charge in [0.2, 0.25) is 0 Å². The van der Waals surface area contributed by atoms with Crippen LogP contribution in [0.2, 0.25) is 0 Å². The molecule has 74 heavy (non-hydrogen) atoms. The lowest BCUT2D eigenvalue weighted by Crippen LogP contribution is -2.61. The SMILES string of the molecule is CC1/C=C/C=C/C=C/C=C/C=C/C=C/C=C/C(OC2O[C@H](C)[C@@H](O)[C@H](N)[C@@H]2O)CC2OC(O)(CC(O)C(O)CCC(=O)CC(O)CC(O)CC(=O)OC(C)C(C)C1OC1CC(=O)[C@@H](O)[C@H](C)O1)CC(O)C2C(=O)O. The highest BCUT2D eigenvalue weighted by atomic mass is 16.7. The van der Waals surface area contributed by atoms with E-state index in [1.807, 2.05) is 13.0 Å². The number of hydrogen-bond acceptors (Lipinski definition) is 20. The van der Waals surface area contributed by atoms with Crippen molar-refractivity contribution >= 4 is 23.5 Å². The summed E-state index contributed by atoms with van der Waals surface area (Å²) < 4.78 is 35.5. The van der Waals surface area contributed by atoms with Crippen LogP contribution in [0.3, 0.4) is 0 Å². The fourth-order valence-electron chi connectivity index (χ4n) is 9.22. The van der Waals surface area contributed by atoms with Crippen LogP contribution in [0, 0.1) is 17.8 Å². The van der Waals surface area contributed by atoms with Crippen molar-refractivity contribution in [3.05, 3.63) is 85.1 Å². The highest BCUT2D eigenvalue weighted by Crippen LogP contribution is 2.38. The average Bonchev–Trinajstić information content (AvgIpc) is 3.31. The number of esters is 1. The van der Waals surface area contributed by atoms with Crippen molar-refractivity contribution in [2.45, 2.75) is 202 Å². The van der Waals surface area contributed by atoms with Crippen LogP contribution in [0.4, 0.5) is 0 Å². The quantitative estimate of drug-likeness (QED) is 0.171. The molecule has 0 amide bonds. The first kappa shape index (κ1) is 62.4. The van der Waals surface area contributed by atoms with Gasteiger partial charge in [-0.2, -0.15) is 0 Å². The first-order valence-corrected chi connectivity index (χ1v) is 25.3. The average molecular weight is 1050 g/mol. The minimum absolute atomic E-state index is 0.189. The predicted octanol–water partition coefficient (Wildman–Crippen LogP) is 1.01. The largest absolute Gasteiger partial charge is 0.481 e. The number of ketones is 2. The molecular weight excluding hydrogens is 971 g/mol. The Hall–Kier alpha value is -4.14. The number of aliphatic carboxylic acids is 1. The van der Waals surface area contributed by atoms with Gasteiger partial charge in [-0.1, -0.05) is 98.9 Å². The Balaban J connectivity index is 1.57. The second-order valence-corrected chi connectivity index (χ2v) is 19.9. The summed E-state index contributed by atoms with van der Waals surface area (Å²) in [6.45, 7) is 8.40. The Morgan fingerprint density at radius 2 is 1.23 bits per heavy atom. The fourth-order valence-corrected chi connectivity index (χ4v) is 9.22. The van der Waals surface area contributed by atoms with Gasteiger partial charge in [0.05, 0.1) is 86.0 Å². The van der Waals surface area contributed by atoms with E-state index in [1.54, 1.807) is 93.7 Å². The number of aliphatic hydroxyl groups excluding tert-OH is 8. The molecule has 12 N–H and O–H groups in total. The number of carboxylic acid groups (broad SMARTS) is 1. The molecule has 2 bridgehead atoms. The maximum Gasteiger partial charge on any atom is 0.311 e. The molecular formula is C53H79NO20. The molecule has 0 aromatic carbocycles. The Morgan fingerprint density at radius 3 is 1.82 bits per heavy atom. The molecule has 0 aromatic heterocycles. The molecule has 4 aliphatic heterocycles. The minimum Gasteiger partial charge on any atom is -0.481 e. The Bertz CT molecular complexity index is 2020. The van der Waals surface area contributed by atoms with Crippen LogP contribution in [0.15, 0.2) is 85.1 Å². The number of carboxylic acids is 1. The number of allylic oxidation sites excluding steroid dienone is 12. The number of nitrogens with two attached hydrogens (primary N) is 1. The molecule has 15 unspecified atom stereocenters. The highest BCUT2D eigenvalue weighted by Gasteiger charge is 2.51. The number of rotatable bonds is 5. The molecule has 4 heterocycles. The van der Waals surface area contributed by atoms with E-state index in [0.717, 1.165) is 0 Å². The van der Waals surface area contributed by atoms with E-state index < -0.39 is 171 Å². The van der Waals surface area contributed by atoms with Gasteiger partial charge in [0.15, 0.2) is 24.2 Å². The van der Waals surface area contributed by atoms with Crippen LogP contribution in [-0.4, -0.2) is 184 Å². The third kappa shape index (κ3) is 19.5. The number of carbonyl (C=O) groups is 4. The van der Waals surface area contributed by atoms with Crippen molar-refractivity contribution in [1.82, 2.24) is 0 Å². The molecule has 21 heteroatoms. The third-order valence-electron chi connectivity index (χ3n) is 13.6. The van der Waals surface area contributed by atoms with Gasteiger partial charge >= 0.3 is 11.9 Å². The van der Waals surface area contributed by atoms with Crippen molar-refractivity contribution < 1.29 is 98.7 Å². The van der Waals surface area contributed by atoms with Crippen molar-refractivity contribution in [3.63, 3.8) is 0 Å². The van der Waals surface area contributed by atoms with Gasteiger partial charge in [0.1, 0.15) is 30.0 Å². The highest BCUT2D eigenvalue weighted by molar-refractivity contribution is 5.84. The second-order valence-electron chi connectivity index (χ2n) is 19.9. The molecule has 0 saturated carbocycles. The first-order valence-electron chi connectivity index (χ1n) is 25.3. The van der Waals surface area contributed by atoms with Gasteiger partial charge in [0, 0.05) is 50.4 Å². The Morgan fingerprint density at radius 1 is 0.662 bits per heavy atom. The van der Waals surface area contributed by atoms with Crippen molar-refractivity contribution in [3.8, 4) is 0 Å². The maximum absolute atomic E-state index is 13.1. The summed E-state index contributed by atoms with van der Waals surface area (Å²) in [7, 11) is 0. The maximum atomic E-state index is 13.1. The lowest BCUT2D eigenvalue weighted by molar-refractivity contribution is -0.310. The van der Waals surface area contributed by atoms with Gasteiger partial charge < -0.3 is 85.2 Å². The van der Waals surface area contributed by atoms with Gasteiger partial charge in [-0.05, 0) is 27.2 Å². The normalized spacial score (nSPS) is 44.7. The third-order valence-corrected chi connectivity index (χ3v) is 13.6. The van der Waals surface area contributed by atoms with Gasteiger partial charge in [0.25, 0.3) is 0 Å². The number of fused-ring (bicyclic) bond motifs is 2. The number of carbonyl (C=O) groups excluding carboxylic acids is 3. The molecule has 0 aliphatic carbocycles. The molecule has 4 aliphatic rings. The summed E-state index contributed by atoms with van der Waals surface area (Å²) in [6.07, 6.45) is 0.00932. The Kier molecular flexibility index (Phi) is 25.3. The molecule has 21 atom stereocenters. The lowest BCUT2D eigenvalue weighted by atomic mass is 9.82. The molecule has 3 saturated heterocycles. The number of Topliss-reactive ketones (excluding diaryl/α,β-unsaturated/α-hetero) is 2. The van der Waals surface area contributed by atoms with Crippen molar-refractivity contribution in [2.24, 2.45) is 23.5 Å². The van der Waals surface area contributed by atoms with Gasteiger partial charge in [-0.3, -0.25) is 19.2 Å². The Labute approximate surface area is 431 Å². The summed E-state index contributed by atoms with van der Waals surface area (Å²) in [4.78, 5) is 51.0. The number of ether oxygens (including phenoxy) is 6. The van der Waals surface area contributed by atoms with Gasteiger partial charge in [-0.15, -0.1) is 0 Å². The second kappa shape index (κ2) is 30.0. The number of aliphatic hydroxyl groups is 9. The molecule has 0 aromatic rings. The van der Waals surface area contributed by atoms with Crippen LogP contribution in [0.25, 0.3) is 0 Å². The van der Waals surface area contributed by atoms with Crippen LogP contribution >= 0.6 is 0 Å². The molecule has 3 fully saturated rings. The fraction of sp³-hybridized carbons (Fsp3) is 0.660.